The van der Waals surface area contributed by atoms with Gasteiger partial charge in [-0.1, -0.05) is 11.6 Å². The van der Waals surface area contributed by atoms with Crippen molar-refractivity contribution < 1.29 is 4.74 Å². The van der Waals surface area contributed by atoms with Crippen LogP contribution in [-0.4, -0.2) is 63.8 Å². The van der Waals surface area contributed by atoms with E-state index in [1.165, 1.54) is 51.6 Å². The Hall–Kier alpha value is -0.340. The zero-order valence-electron chi connectivity index (χ0n) is 16.8. The number of methoxy groups -OCH3 is 1. The molecule has 0 aromatic heterocycles. The molecule has 1 saturated heterocycles. The Morgan fingerprint density at radius 3 is 2.73 bits per heavy atom. The van der Waals surface area contributed by atoms with Crippen molar-refractivity contribution in [2.45, 2.75) is 51.9 Å². The molecule has 0 atom stereocenters. The predicted octanol–water partition coefficient (Wildman–Crippen LogP) is 3.41. The highest BCUT2D eigenvalue weighted by Crippen LogP contribution is 2.19. The molecule has 0 radical (unpaired) electrons. The van der Waals surface area contributed by atoms with E-state index in [2.05, 4.69) is 28.5 Å². The molecule has 152 valence electrons. The largest absolute Gasteiger partial charge is 0.383 e. The Kier molecular flexibility index (Phi) is 13.4. The lowest BCUT2D eigenvalue weighted by atomic mass is 9.97. The van der Waals surface area contributed by atoms with Gasteiger partial charge < -0.3 is 20.3 Å². The molecule has 5 nitrogen and oxygen atoms in total. The minimum atomic E-state index is 0. The number of halogens is 1. The normalized spacial score (nSPS) is 19.6. The molecule has 2 aliphatic rings. The lowest BCUT2D eigenvalue weighted by Crippen LogP contribution is -2.39. The third-order valence-corrected chi connectivity index (χ3v) is 5.29. The molecular weight excluding hydrogens is 439 g/mol. The Balaban J connectivity index is 0.00000338. The molecule has 26 heavy (non-hydrogen) atoms. The second kappa shape index (κ2) is 14.7. The first-order chi connectivity index (χ1) is 12.3. The maximum absolute atomic E-state index is 5.17. The van der Waals surface area contributed by atoms with Gasteiger partial charge in [-0.25, -0.2) is 0 Å². The number of ether oxygens (including phenoxy) is 1. The number of aliphatic imine (C=N–C) groups is 1. The van der Waals surface area contributed by atoms with E-state index < -0.39 is 0 Å². The third kappa shape index (κ3) is 9.55. The highest BCUT2D eigenvalue weighted by atomic mass is 127. The molecule has 1 fully saturated rings. The summed E-state index contributed by atoms with van der Waals surface area (Å²) in [7, 11) is 1.78. The number of nitrogens with one attached hydrogen (secondary N) is 2. The van der Waals surface area contributed by atoms with Gasteiger partial charge in [0, 0.05) is 33.3 Å². The standard InChI is InChI=1S/C20H38N4O.HI/c1-3-21-20(22-12-9-18-7-5-4-6-8-18)23-17-19-10-13-24(14-11-19)15-16-25-2;/h7,19H,3-6,8-17H2,1-2H3,(H2,21,22,23);1H. The Morgan fingerprint density at radius 2 is 2.08 bits per heavy atom. The number of guanidine groups is 1. The van der Waals surface area contributed by atoms with Crippen LogP contribution in [-0.2, 0) is 4.74 Å². The summed E-state index contributed by atoms with van der Waals surface area (Å²) >= 11 is 0. The fourth-order valence-corrected chi connectivity index (χ4v) is 3.65. The van der Waals surface area contributed by atoms with Gasteiger partial charge in [0.1, 0.15) is 0 Å². The maximum Gasteiger partial charge on any atom is 0.191 e. The highest BCUT2D eigenvalue weighted by molar-refractivity contribution is 14.0. The summed E-state index contributed by atoms with van der Waals surface area (Å²) in [4.78, 5) is 7.34. The number of rotatable bonds is 9. The van der Waals surface area contributed by atoms with Gasteiger partial charge in [0.05, 0.1) is 6.61 Å². The summed E-state index contributed by atoms with van der Waals surface area (Å²) in [6.45, 7) is 9.26. The van der Waals surface area contributed by atoms with Crippen LogP contribution in [0.25, 0.3) is 0 Å². The molecular formula is C20H39IN4O. The van der Waals surface area contributed by atoms with Gasteiger partial charge in [0.25, 0.3) is 0 Å². The van der Waals surface area contributed by atoms with Crippen LogP contribution in [0, 0.1) is 5.92 Å². The van der Waals surface area contributed by atoms with Crippen LogP contribution in [0.2, 0.25) is 0 Å². The van der Waals surface area contributed by atoms with Crippen molar-refractivity contribution in [1.29, 1.82) is 0 Å². The molecule has 2 rings (SSSR count). The molecule has 2 N–H and O–H groups in total. The molecule has 0 aromatic carbocycles. The minimum absolute atomic E-state index is 0. The van der Waals surface area contributed by atoms with Crippen LogP contribution in [0.15, 0.2) is 16.6 Å². The molecule has 1 heterocycles. The number of nitrogens with zero attached hydrogens (tertiary/aromatic N) is 2. The summed E-state index contributed by atoms with van der Waals surface area (Å²) < 4.78 is 5.17. The molecule has 0 unspecified atom stereocenters. The zero-order chi connectivity index (χ0) is 17.7. The van der Waals surface area contributed by atoms with Gasteiger partial charge in [0.2, 0.25) is 0 Å². The summed E-state index contributed by atoms with van der Waals surface area (Å²) in [5.74, 6) is 1.70. The summed E-state index contributed by atoms with van der Waals surface area (Å²) in [5, 5.41) is 6.90. The molecule has 0 aromatic rings. The SMILES string of the molecule is CCNC(=NCC1CCN(CCOC)CC1)NCCC1=CCCCC1.I. The molecule has 1 aliphatic heterocycles. The van der Waals surface area contributed by atoms with Crippen LogP contribution in [0.4, 0.5) is 0 Å². The van der Waals surface area contributed by atoms with E-state index in [0.29, 0.717) is 0 Å². The van der Waals surface area contributed by atoms with E-state index in [1.807, 2.05) is 0 Å². The van der Waals surface area contributed by atoms with E-state index in [0.717, 1.165) is 51.1 Å². The summed E-state index contributed by atoms with van der Waals surface area (Å²) in [5.41, 5.74) is 1.62. The van der Waals surface area contributed by atoms with Gasteiger partial charge in [-0.05, 0) is 70.9 Å². The molecule has 1 aliphatic carbocycles. The monoisotopic (exact) mass is 478 g/mol. The molecule has 0 saturated carbocycles. The van der Waals surface area contributed by atoms with Gasteiger partial charge in [-0.2, -0.15) is 0 Å². The number of hydrogen-bond donors (Lipinski definition) is 2. The third-order valence-electron chi connectivity index (χ3n) is 5.29. The summed E-state index contributed by atoms with van der Waals surface area (Å²) in [6, 6.07) is 0. The smallest absolute Gasteiger partial charge is 0.191 e. The van der Waals surface area contributed by atoms with E-state index in [1.54, 1.807) is 12.7 Å². The first-order valence-corrected chi connectivity index (χ1v) is 10.2. The number of hydrogen-bond acceptors (Lipinski definition) is 3. The Labute approximate surface area is 177 Å². The van der Waals surface area contributed by atoms with Crippen molar-refractivity contribution in [3.63, 3.8) is 0 Å². The number of piperidine rings is 1. The van der Waals surface area contributed by atoms with Crippen LogP contribution < -0.4 is 10.6 Å². The van der Waals surface area contributed by atoms with Crippen LogP contribution in [0.5, 0.6) is 0 Å². The van der Waals surface area contributed by atoms with Crippen LogP contribution >= 0.6 is 24.0 Å². The average Bonchev–Trinajstić information content (AvgIpc) is 2.66. The maximum atomic E-state index is 5.17. The Bertz CT molecular complexity index is 420. The van der Waals surface area contributed by atoms with Crippen molar-refractivity contribution in [3.8, 4) is 0 Å². The van der Waals surface area contributed by atoms with Crippen LogP contribution in [0.3, 0.4) is 0 Å². The van der Waals surface area contributed by atoms with Gasteiger partial charge >= 0.3 is 0 Å². The van der Waals surface area contributed by atoms with E-state index in [4.69, 9.17) is 9.73 Å². The van der Waals surface area contributed by atoms with Crippen molar-refractivity contribution >= 4 is 29.9 Å². The zero-order valence-corrected chi connectivity index (χ0v) is 19.1. The first-order valence-electron chi connectivity index (χ1n) is 10.2. The molecule has 0 bridgehead atoms. The van der Waals surface area contributed by atoms with Crippen LogP contribution in [0.1, 0.15) is 51.9 Å². The average molecular weight is 478 g/mol. The number of allylic oxidation sites excluding steroid dienone is 1. The van der Waals surface area contributed by atoms with Crippen molar-refractivity contribution in [3.05, 3.63) is 11.6 Å². The minimum Gasteiger partial charge on any atom is -0.383 e. The quantitative estimate of drug-likeness (QED) is 0.231. The molecule has 0 amide bonds. The van der Waals surface area contributed by atoms with Crippen molar-refractivity contribution in [2.24, 2.45) is 10.9 Å². The van der Waals surface area contributed by atoms with E-state index in [9.17, 15) is 0 Å². The second-order valence-electron chi connectivity index (χ2n) is 7.28. The topological polar surface area (TPSA) is 48.9 Å². The molecule has 0 spiro atoms. The van der Waals surface area contributed by atoms with Crippen molar-refractivity contribution in [2.75, 3.05) is 53.0 Å². The molecule has 6 heteroatoms. The van der Waals surface area contributed by atoms with E-state index >= 15 is 0 Å². The summed E-state index contributed by atoms with van der Waals surface area (Å²) in [6.07, 6.45) is 11.4. The van der Waals surface area contributed by atoms with E-state index in [-0.39, 0.29) is 24.0 Å². The Morgan fingerprint density at radius 1 is 1.27 bits per heavy atom. The lowest BCUT2D eigenvalue weighted by Gasteiger charge is -2.31. The second-order valence-corrected chi connectivity index (χ2v) is 7.28. The van der Waals surface area contributed by atoms with Gasteiger partial charge in [-0.3, -0.25) is 4.99 Å². The van der Waals surface area contributed by atoms with Gasteiger partial charge in [-0.15, -0.1) is 24.0 Å². The lowest BCUT2D eigenvalue weighted by molar-refractivity contribution is 0.121. The van der Waals surface area contributed by atoms with Crippen molar-refractivity contribution in [1.82, 2.24) is 15.5 Å². The fourth-order valence-electron chi connectivity index (χ4n) is 3.65. The highest BCUT2D eigenvalue weighted by Gasteiger charge is 2.18. The first kappa shape index (κ1) is 23.7. The predicted molar refractivity (Wildman–Crippen MR) is 122 cm³/mol. The number of likely N-dealkylation sites (tertiary alicyclic amines) is 1. The fraction of sp³-hybridized carbons (Fsp3) is 0.850. The van der Waals surface area contributed by atoms with Gasteiger partial charge in [0.15, 0.2) is 5.96 Å².